The molecule has 5 heteroatoms. The van der Waals surface area contributed by atoms with E-state index >= 15 is 0 Å². The van der Waals surface area contributed by atoms with Crippen LogP contribution >= 0.6 is 12.2 Å². The molecule has 2 aromatic rings. The Bertz CT molecular complexity index is 550. The fraction of sp³-hybridized carbons (Fsp3) is 0.100. The van der Waals surface area contributed by atoms with Gasteiger partial charge in [-0.2, -0.15) is 0 Å². The average molecular weight is 221 g/mol. The highest BCUT2D eigenvalue weighted by Gasteiger charge is 2.05. The van der Waals surface area contributed by atoms with Crippen LogP contribution in [-0.2, 0) is 0 Å². The molecule has 0 fully saturated rings. The maximum absolute atomic E-state index is 13.4. The van der Waals surface area contributed by atoms with E-state index in [4.69, 9.17) is 12.2 Å². The molecule has 0 bridgehead atoms. The predicted molar refractivity (Wildman–Crippen MR) is 57.3 cm³/mol. The molecule has 0 aromatic carbocycles. The molecule has 0 unspecified atom stereocenters. The van der Waals surface area contributed by atoms with Gasteiger partial charge in [0.05, 0.1) is 11.9 Å². The van der Waals surface area contributed by atoms with Crippen LogP contribution in [0.2, 0.25) is 0 Å². The number of rotatable bonds is 1. The lowest BCUT2D eigenvalue weighted by molar-refractivity contribution is 0.624. The van der Waals surface area contributed by atoms with Gasteiger partial charge in [0, 0.05) is 11.8 Å². The minimum Gasteiger partial charge on any atom is -0.343 e. The lowest BCUT2D eigenvalue weighted by Gasteiger charge is -2.03. The van der Waals surface area contributed by atoms with E-state index in [9.17, 15) is 4.39 Å². The Kier molecular flexibility index (Phi) is 2.55. The SMILES string of the molecule is Cc1nc(=S)cc(-c2ccncc2F)[nH]1. The second-order valence-electron chi connectivity index (χ2n) is 3.07. The van der Waals surface area contributed by atoms with Gasteiger partial charge in [0.2, 0.25) is 0 Å². The van der Waals surface area contributed by atoms with Crippen LogP contribution in [0.5, 0.6) is 0 Å². The number of aromatic nitrogens is 3. The van der Waals surface area contributed by atoms with Crippen LogP contribution in [0.15, 0.2) is 24.5 Å². The van der Waals surface area contributed by atoms with Gasteiger partial charge in [-0.3, -0.25) is 4.98 Å². The third kappa shape index (κ3) is 2.07. The Morgan fingerprint density at radius 1 is 1.47 bits per heavy atom. The third-order valence-electron chi connectivity index (χ3n) is 1.92. The van der Waals surface area contributed by atoms with E-state index in [1.165, 1.54) is 12.4 Å². The lowest BCUT2D eigenvalue weighted by atomic mass is 10.2. The average Bonchev–Trinajstić information content (AvgIpc) is 2.16. The Labute approximate surface area is 91.0 Å². The number of pyridine rings is 1. The summed E-state index contributed by atoms with van der Waals surface area (Å²) in [5.74, 6) is 0.280. The summed E-state index contributed by atoms with van der Waals surface area (Å²) in [7, 11) is 0. The first-order valence-electron chi connectivity index (χ1n) is 4.34. The number of hydrogen-bond donors (Lipinski definition) is 1. The molecular formula is C10H8FN3S. The van der Waals surface area contributed by atoms with Gasteiger partial charge in [0.15, 0.2) is 5.82 Å². The van der Waals surface area contributed by atoms with Crippen molar-refractivity contribution in [1.29, 1.82) is 0 Å². The van der Waals surface area contributed by atoms with E-state index in [2.05, 4.69) is 15.0 Å². The molecule has 0 radical (unpaired) electrons. The van der Waals surface area contributed by atoms with E-state index in [-0.39, 0.29) is 5.82 Å². The van der Waals surface area contributed by atoms with Gasteiger partial charge in [-0.15, -0.1) is 0 Å². The lowest BCUT2D eigenvalue weighted by Crippen LogP contribution is -1.93. The zero-order valence-electron chi connectivity index (χ0n) is 7.99. The van der Waals surface area contributed by atoms with Crippen LogP contribution in [0.4, 0.5) is 4.39 Å². The molecule has 0 aliphatic heterocycles. The maximum Gasteiger partial charge on any atom is 0.150 e. The van der Waals surface area contributed by atoms with Crippen LogP contribution < -0.4 is 0 Å². The van der Waals surface area contributed by atoms with Crippen LogP contribution in [0.3, 0.4) is 0 Å². The Balaban J connectivity index is 2.64. The van der Waals surface area contributed by atoms with Crippen molar-refractivity contribution in [2.45, 2.75) is 6.92 Å². The van der Waals surface area contributed by atoms with Crippen molar-refractivity contribution in [3.05, 3.63) is 40.8 Å². The number of nitrogens with zero attached hydrogens (tertiary/aromatic N) is 2. The molecule has 1 N–H and O–H groups in total. The predicted octanol–water partition coefficient (Wildman–Crippen LogP) is 2.65. The minimum atomic E-state index is -0.381. The summed E-state index contributed by atoms with van der Waals surface area (Å²) in [5.41, 5.74) is 1.06. The monoisotopic (exact) mass is 221 g/mol. The zero-order chi connectivity index (χ0) is 10.8. The molecule has 3 nitrogen and oxygen atoms in total. The first-order chi connectivity index (χ1) is 7.16. The molecular weight excluding hydrogens is 213 g/mol. The smallest absolute Gasteiger partial charge is 0.150 e. The molecule has 2 heterocycles. The van der Waals surface area contributed by atoms with E-state index in [0.717, 1.165) is 0 Å². The normalized spacial score (nSPS) is 10.3. The highest BCUT2D eigenvalue weighted by Crippen LogP contribution is 2.19. The van der Waals surface area contributed by atoms with Gasteiger partial charge in [-0.05, 0) is 19.1 Å². The summed E-state index contributed by atoms with van der Waals surface area (Å²) in [6, 6.07) is 3.22. The summed E-state index contributed by atoms with van der Waals surface area (Å²) in [6.45, 7) is 1.78. The standard InChI is InChI=1S/C10H8FN3S/c1-6-13-9(4-10(15)14-6)7-2-3-12-5-8(7)11/h2-5H,1H3,(H,13,14,15). The van der Waals surface area contributed by atoms with Crippen molar-refractivity contribution in [2.75, 3.05) is 0 Å². The van der Waals surface area contributed by atoms with Crippen molar-refractivity contribution >= 4 is 12.2 Å². The first kappa shape index (κ1) is 9.92. The summed E-state index contributed by atoms with van der Waals surface area (Å²) in [5, 5.41) is 0. The van der Waals surface area contributed by atoms with Gasteiger partial charge < -0.3 is 4.98 Å². The van der Waals surface area contributed by atoms with Crippen LogP contribution in [0.25, 0.3) is 11.3 Å². The van der Waals surface area contributed by atoms with E-state index < -0.39 is 0 Å². The number of halogens is 1. The first-order valence-corrected chi connectivity index (χ1v) is 4.75. The molecule has 0 aliphatic rings. The summed E-state index contributed by atoms with van der Waals surface area (Å²) >= 11 is 4.96. The fourth-order valence-corrected chi connectivity index (χ4v) is 1.57. The number of aromatic amines is 1. The summed E-state index contributed by atoms with van der Waals surface area (Å²) < 4.78 is 13.8. The van der Waals surface area contributed by atoms with E-state index in [0.29, 0.717) is 21.7 Å². The quantitative estimate of drug-likeness (QED) is 0.753. The molecule has 15 heavy (non-hydrogen) atoms. The molecule has 0 atom stereocenters. The van der Waals surface area contributed by atoms with Crippen LogP contribution in [0, 0.1) is 17.4 Å². The van der Waals surface area contributed by atoms with Gasteiger partial charge in [-0.25, -0.2) is 9.37 Å². The molecule has 2 aromatic heterocycles. The van der Waals surface area contributed by atoms with Crippen molar-refractivity contribution in [3.8, 4) is 11.3 Å². The molecule has 2 rings (SSSR count). The number of hydrogen-bond acceptors (Lipinski definition) is 3. The zero-order valence-corrected chi connectivity index (χ0v) is 8.81. The fourth-order valence-electron chi connectivity index (χ4n) is 1.32. The highest BCUT2D eigenvalue weighted by atomic mass is 32.1. The largest absolute Gasteiger partial charge is 0.343 e. The maximum atomic E-state index is 13.4. The molecule has 0 saturated heterocycles. The molecule has 0 spiro atoms. The van der Waals surface area contributed by atoms with E-state index in [1.807, 2.05) is 0 Å². The van der Waals surface area contributed by atoms with E-state index in [1.54, 1.807) is 19.1 Å². The molecule has 76 valence electrons. The van der Waals surface area contributed by atoms with Crippen molar-refractivity contribution in [1.82, 2.24) is 15.0 Å². The Morgan fingerprint density at radius 3 is 2.93 bits per heavy atom. The number of aryl methyl sites for hydroxylation is 1. The van der Waals surface area contributed by atoms with Gasteiger partial charge in [0.25, 0.3) is 0 Å². The van der Waals surface area contributed by atoms with Crippen LogP contribution in [0.1, 0.15) is 5.82 Å². The second kappa shape index (κ2) is 3.86. The highest BCUT2D eigenvalue weighted by molar-refractivity contribution is 7.71. The molecule has 0 saturated carbocycles. The van der Waals surface area contributed by atoms with Crippen LogP contribution in [-0.4, -0.2) is 15.0 Å². The Hall–Kier alpha value is -1.62. The topological polar surface area (TPSA) is 41.6 Å². The Morgan fingerprint density at radius 2 is 2.27 bits per heavy atom. The van der Waals surface area contributed by atoms with Gasteiger partial charge in [0.1, 0.15) is 10.5 Å². The van der Waals surface area contributed by atoms with Gasteiger partial charge in [-0.1, -0.05) is 12.2 Å². The van der Waals surface area contributed by atoms with Crippen molar-refractivity contribution < 1.29 is 4.39 Å². The molecule has 0 aliphatic carbocycles. The number of nitrogens with one attached hydrogen (secondary N) is 1. The molecule has 0 amide bonds. The second-order valence-corrected chi connectivity index (χ2v) is 3.49. The summed E-state index contributed by atoms with van der Waals surface area (Å²) in [4.78, 5) is 10.7. The summed E-state index contributed by atoms with van der Waals surface area (Å²) in [6.07, 6.45) is 2.70. The van der Waals surface area contributed by atoms with Crippen molar-refractivity contribution in [3.63, 3.8) is 0 Å². The number of H-pyrrole nitrogens is 1. The van der Waals surface area contributed by atoms with Crippen molar-refractivity contribution in [2.24, 2.45) is 0 Å². The van der Waals surface area contributed by atoms with Gasteiger partial charge >= 0.3 is 0 Å². The third-order valence-corrected chi connectivity index (χ3v) is 2.13. The minimum absolute atomic E-state index is 0.381.